The van der Waals surface area contributed by atoms with E-state index in [1.165, 1.54) is 6.07 Å². The average molecular weight is 356 g/mol. The first-order valence-corrected chi connectivity index (χ1v) is 7.25. The van der Waals surface area contributed by atoms with Gasteiger partial charge in [0.15, 0.2) is 0 Å². The fraction of sp³-hybridized carbons (Fsp3) is 0.250. The van der Waals surface area contributed by atoms with Gasteiger partial charge in [0.1, 0.15) is 17.4 Å². The number of hydrogen-bond donors (Lipinski definition) is 1. The van der Waals surface area contributed by atoms with Crippen molar-refractivity contribution in [1.29, 1.82) is 0 Å². The van der Waals surface area contributed by atoms with Crippen LogP contribution in [0.4, 0.5) is 8.78 Å². The summed E-state index contributed by atoms with van der Waals surface area (Å²) in [6.07, 6.45) is 0.449. The van der Waals surface area contributed by atoms with Gasteiger partial charge >= 0.3 is 0 Å². The van der Waals surface area contributed by atoms with E-state index < -0.39 is 17.7 Å². The third-order valence-electron chi connectivity index (χ3n) is 3.35. The number of methoxy groups -OCH3 is 1. The summed E-state index contributed by atoms with van der Waals surface area (Å²) in [6, 6.07) is 7.38. The molecule has 0 fully saturated rings. The van der Waals surface area contributed by atoms with Crippen LogP contribution in [0.2, 0.25) is 0 Å². The largest absolute Gasteiger partial charge is 0.496 e. The molecule has 0 saturated heterocycles. The maximum atomic E-state index is 13.8. The molecule has 0 radical (unpaired) electrons. The molecule has 0 aliphatic carbocycles. The highest BCUT2D eigenvalue weighted by Gasteiger charge is 2.15. The number of rotatable bonds is 4. The summed E-state index contributed by atoms with van der Waals surface area (Å²) in [6.45, 7) is 1.59. The lowest BCUT2D eigenvalue weighted by Crippen LogP contribution is -2.15. The molecule has 0 aromatic heterocycles. The van der Waals surface area contributed by atoms with E-state index in [4.69, 9.17) is 10.5 Å². The fourth-order valence-corrected chi connectivity index (χ4v) is 2.75. The Bertz CT molecular complexity index is 661. The summed E-state index contributed by atoms with van der Waals surface area (Å²) < 4.78 is 33.1. The lowest BCUT2D eigenvalue weighted by Gasteiger charge is -2.15. The highest BCUT2D eigenvalue weighted by molar-refractivity contribution is 9.10. The van der Waals surface area contributed by atoms with Crippen LogP contribution in [0.5, 0.6) is 5.75 Å². The molecule has 0 bridgehead atoms. The predicted octanol–water partition coefficient (Wildman–Crippen LogP) is 4.29. The molecule has 1 unspecified atom stereocenters. The monoisotopic (exact) mass is 355 g/mol. The van der Waals surface area contributed by atoms with Crippen molar-refractivity contribution in [3.63, 3.8) is 0 Å². The molecule has 2 N–H and O–H groups in total. The number of halogens is 3. The minimum Gasteiger partial charge on any atom is -0.496 e. The molecular weight excluding hydrogens is 340 g/mol. The van der Waals surface area contributed by atoms with Gasteiger partial charge in [0.05, 0.1) is 11.6 Å². The van der Waals surface area contributed by atoms with Gasteiger partial charge in [-0.05, 0) is 58.6 Å². The minimum absolute atomic E-state index is 0.320. The minimum atomic E-state index is -0.613. The maximum absolute atomic E-state index is 13.8. The van der Waals surface area contributed by atoms with Crippen LogP contribution < -0.4 is 10.5 Å². The van der Waals surface area contributed by atoms with E-state index in [0.29, 0.717) is 17.5 Å². The molecule has 2 aromatic carbocycles. The van der Waals surface area contributed by atoms with Crippen LogP contribution in [0.15, 0.2) is 34.8 Å². The predicted molar refractivity (Wildman–Crippen MR) is 82.4 cm³/mol. The summed E-state index contributed by atoms with van der Waals surface area (Å²) in [5.41, 5.74) is 7.71. The smallest absolute Gasteiger partial charge is 0.133 e. The number of hydrogen-bond acceptors (Lipinski definition) is 2. The van der Waals surface area contributed by atoms with Gasteiger partial charge in [0.2, 0.25) is 0 Å². The van der Waals surface area contributed by atoms with Gasteiger partial charge in [0, 0.05) is 17.7 Å². The third kappa shape index (κ3) is 3.60. The molecule has 1 atom stereocenters. The fourth-order valence-electron chi connectivity index (χ4n) is 2.16. The Hall–Kier alpha value is -1.46. The Morgan fingerprint density at radius 3 is 2.52 bits per heavy atom. The summed E-state index contributed by atoms with van der Waals surface area (Å²) in [5, 5.41) is 0. The van der Waals surface area contributed by atoms with Gasteiger partial charge in [-0.1, -0.05) is 6.07 Å². The molecule has 0 heterocycles. The number of aryl methyl sites for hydroxylation is 1. The van der Waals surface area contributed by atoms with Gasteiger partial charge in [-0.2, -0.15) is 0 Å². The van der Waals surface area contributed by atoms with Crippen LogP contribution in [-0.4, -0.2) is 7.11 Å². The molecule has 21 heavy (non-hydrogen) atoms. The Balaban J connectivity index is 2.23. The first-order chi connectivity index (χ1) is 9.92. The van der Waals surface area contributed by atoms with E-state index in [1.54, 1.807) is 14.0 Å². The summed E-state index contributed by atoms with van der Waals surface area (Å²) in [5.74, 6) is -0.454. The Labute approximate surface area is 131 Å². The van der Waals surface area contributed by atoms with Crippen LogP contribution in [0.25, 0.3) is 0 Å². The first kappa shape index (κ1) is 15.9. The number of benzene rings is 2. The standard InChI is InChI=1S/C16H16BrF2NO/c1-9-5-11(14(19)8-13(9)18)15(20)7-10-3-4-16(21-2)12(17)6-10/h3-6,8,15H,7,20H2,1-2H3. The van der Waals surface area contributed by atoms with Gasteiger partial charge in [-0.25, -0.2) is 8.78 Å². The van der Waals surface area contributed by atoms with E-state index in [1.807, 2.05) is 18.2 Å². The zero-order valence-electron chi connectivity index (χ0n) is 11.8. The van der Waals surface area contributed by atoms with Gasteiger partial charge in [-0.3, -0.25) is 0 Å². The normalized spacial score (nSPS) is 12.3. The van der Waals surface area contributed by atoms with Crippen LogP contribution in [-0.2, 0) is 6.42 Å². The van der Waals surface area contributed by atoms with Crippen molar-refractivity contribution in [2.75, 3.05) is 7.11 Å². The molecule has 112 valence electrons. The molecule has 0 aliphatic rings. The van der Waals surface area contributed by atoms with Crippen molar-refractivity contribution in [3.05, 3.63) is 63.1 Å². The molecule has 0 saturated carbocycles. The maximum Gasteiger partial charge on any atom is 0.133 e. The van der Waals surface area contributed by atoms with Crippen molar-refractivity contribution in [2.24, 2.45) is 5.73 Å². The van der Waals surface area contributed by atoms with Crippen molar-refractivity contribution in [1.82, 2.24) is 0 Å². The Morgan fingerprint density at radius 2 is 1.90 bits per heavy atom. The zero-order valence-corrected chi connectivity index (χ0v) is 13.4. The Morgan fingerprint density at radius 1 is 1.19 bits per heavy atom. The highest BCUT2D eigenvalue weighted by atomic mass is 79.9. The molecule has 2 rings (SSSR count). The second-order valence-electron chi connectivity index (χ2n) is 4.90. The molecule has 5 heteroatoms. The summed E-state index contributed by atoms with van der Waals surface area (Å²) in [7, 11) is 1.59. The van der Waals surface area contributed by atoms with Gasteiger partial charge in [-0.15, -0.1) is 0 Å². The third-order valence-corrected chi connectivity index (χ3v) is 3.97. The highest BCUT2D eigenvalue weighted by Crippen LogP contribution is 2.28. The molecule has 0 spiro atoms. The topological polar surface area (TPSA) is 35.2 Å². The molecule has 0 amide bonds. The van der Waals surface area contributed by atoms with Crippen LogP contribution in [0.1, 0.15) is 22.7 Å². The molecule has 2 aromatic rings. The zero-order chi connectivity index (χ0) is 15.6. The van der Waals surface area contributed by atoms with E-state index in [2.05, 4.69) is 15.9 Å². The van der Waals surface area contributed by atoms with Crippen LogP contribution >= 0.6 is 15.9 Å². The van der Waals surface area contributed by atoms with Crippen molar-refractivity contribution < 1.29 is 13.5 Å². The molecular formula is C16H16BrF2NO. The van der Waals surface area contributed by atoms with Crippen molar-refractivity contribution in [2.45, 2.75) is 19.4 Å². The van der Waals surface area contributed by atoms with Gasteiger partial charge < -0.3 is 10.5 Å². The van der Waals surface area contributed by atoms with E-state index in [0.717, 1.165) is 21.9 Å². The van der Waals surface area contributed by atoms with Crippen molar-refractivity contribution in [3.8, 4) is 5.75 Å². The van der Waals surface area contributed by atoms with E-state index in [9.17, 15) is 8.78 Å². The molecule has 2 nitrogen and oxygen atoms in total. The summed E-state index contributed by atoms with van der Waals surface area (Å²) in [4.78, 5) is 0. The second kappa shape index (κ2) is 6.54. The van der Waals surface area contributed by atoms with Crippen molar-refractivity contribution >= 4 is 15.9 Å². The van der Waals surface area contributed by atoms with Gasteiger partial charge in [0.25, 0.3) is 0 Å². The molecule has 0 aliphatic heterocycles. The number of ether oxygens (including phenoxy) is 1. The van der Waals surface area contributed by atoms with E-state index in [-0.39, 0.29) is 0 Å². The first-order valence-electron chi connectivity index (χ1n) is 6.46. The van der Waals surface area contributed by atoms with E-state index >= 15 is 0 Å². The Kier molecular flexibility index (Phi) is 4.96. The quantitative estimate of drug-likeness (QED) is 0.887. The lowest BCUT2D eigenvalue weighted by atomic mass is 9.97. The second-order valence-corrected chi connectivity index (χ2v) is 5.76. The van der Waals surface area contributed by atoms with Crippen LogP contribution in [0, 0.1) is 18.6 Å². The number of nitrogens with two attached hydrogens (primary N) is 1. The summed E-state index contributed by atoms with van der Waals surface area (Å²) >= 11 is 3.40. The van der Waals surface area contributed by atoms with Crippen LogP contribution in [0.3, 0.4) is 0 Å². The average Bonchev–Trinajstić information content (AvgIpc) is 2.43. The SMILES string of the molecule is COc1ccc(CC(N)c2cc(C)c(F)cc2F)cc1Br. The lowest BCUT2D eigenvalue weighted by molar-refractivity contribution is 0.412.